The van der Waals surface area contributed by atoms with E-state index in [4.69, 9.17) is 11.0 Å². The standard InChI is InChI=1S/C18H14FN5OS/c1-10-2-7-14(19)15(8-10)23-18(25)22-12-5-3-11(4-6-12)16-13(9-20)17(21)24-26-16/h2-8H,1H3,(H2,21,24)(H2,22,23,25). The molecule has 130 valence electrons. The topological polar surface area (TPSA) is 104 Å². The molecule has 1 heterocycles. The Morgan fingerprint density at radius 1 is 1.23 bits per heavy atom. The van der Waals surface area contributed by atoms with Gasteiger partial charge in [-0.3, -0.25) is 0 Å². The predicted molar refractivity (Wildman–Crippen MR) is 100 cm³/mol. The lowest BCUT2D eigenvalue weighted by Crippen LogP contribution is -2.20. The van der Waals surface area contributed by atoms with E-state index in [0.29, 0.717) is 16.1 Å². The Morgan fingerprint density at radius 2 is 1.96 bits per heavy atom. The van der Waals surface area contributed by atoms with Gasteiger partial charge in [-0.05, 0) is 53.8 Å². The number of rotatable bonds is 3. The van der Waals surface area contributed by atoms with Crippen LogP contribution in [0.2, 0.25) is 0 Å². The molecule has 0 saturated carbocycles. The van der Waals surface area contributed by atoms with Crippen LogP contribution in [0.5, 0.6) is 0 Å². The van der Waals surface area contributed by atoms with Gasteiger partial charge in [-0.15, -0.1) is 0 Å². The van der Waals surface area contributed by atoms with Gasteiger partial charge >= 0.3 is 6.03 Å². The van der Waals surface area contributed by atoms with Gasteiger partial charge in [0.2, 0.25) is 0 Å². The molecule has 0 aliphatic rings. The van der Waals surface area contributed by atoms with Crippen LogP contribution >= 0.6 is 11.5 Å². The number of anilines is 3. The van der Waals surface area contributed by atoms with Crippen molar-refractivity contribution < 1.29 is 9.18 Å². The van der Waals surface area contributed by atoms with Gasteiger partial charge in [0.25, 0.3) is 0 Å². The number of nitrogens with one attached hydrogen (secondary N) is 2. The molecule has 4 N–H and O–H groups in total. The highest BCUT2D eigenvalue weighted by Crippen LogP contribution is 2.31. The van der Waals surface area contributed by atoms with Crippen molar-refractivity contribution in [2.75, 3.05) is 16.4 Å². The van der Waals surface area contributed by atoms with Crippen LogP contribution in [0.3, 0.4) is 0 Å². The van der Waals surface area contributed by atoms with E-state index in [1.54, 1.807) is 36.4 Å². The molecule has 3 rings (SSSR count). The number of halogens is 1. The van der Waals surface area contributed by atoms with Crippen LogP contribution in [0.25, 0.3) is 10.4 Å². The average Bonchev–Trinajstić information content (AvgIpc) is 2.99. The summed E-state index contributed by atoms with van der Waals surface area (Å²) < 4.78 is 17.7. The number of nitrogens with zero attached hydrogens (tertiary/aromatic N) is 2. The molecule has 0 unspecified atom stereocenters. The summed E-state index contributed by atoms with van der Waals surface area (Å²) in [7, 11) is 0. The van der Waals surface area contributed by atoms with Crippen LogP contribution in [0.4, 0.5) is 26.4 Å². The molecule has 8 heteroatoms. The SMILES string of the molecule is Cc1ccc(F)c(NC(=O)Nc2ccc(-c3snc(N)c3C#N)cc2)c1. The molecule has 2 amide bonds. The quantitative estimate of drug-likeness (QED) is 0.640. The van der Waals surface area contributed by atoms with Crippen molar-refractivity contribution in [3.63, 3.8) is 0 Å². The number of carbonyl (C=O) groups excluding carboxylic acids is 1. The Hall–Kier alpha value is -3.44. The van der Waals surface area contributed by atoms with Gasteiger partial charge in [0, 0.05) is 5.69 Å². The van der Waals surface area contributed by atoms with Crippen molar-refractivity contribution in [3.8, 4) is 16.5 Å². The summed E-state index contributed by atoms with van der Waals surface area (Å²) in [5.74, 6) is -0.304. The van der Waals surface area contributed by atoms with E-state index >= 15 is 0 Å². The lowest BCUT2D eigenvalue weighted by molar-refractivity contribution is 0.262. The van der Waals surface area contributed by atoms with Gasteiger partial charge in [-0.25, -0.2) is 9.18 Å². The summed E-state index contributed by atoms with van der Waals surface area (Å²) in [4.78, 5) is 12.7. The van der Waals surface area contributed by atoms with Crippen LogP contribution < -0.4 is 16.4 Å². The van der Waals surface area contributed by atoms with Crippen LogP contribution in [-0.2, 0) is 0 Å². The van der Waals surface area contributed by atoms with E-state index in [1.807, 2.05) is 13.0 Å². The number of amides is 2. The van der Waals surface area contributed by atoms with E-state index < -0.39 is 11.8 Å². The summed E-state index contributed by atoms with van der Waals surface area (Å²) in [6.07, 6.45) is 0. The fourth-order valence-electron chi connectivity index (χ4n) is 2.33. The van der Waals surface area contributed by atoms with Crippen molar-refractivity contribution in [2.24, 2.45) is 0 Å². The number of hydrogen-bond donors (Lipinski definition) is 3. The second kappa shape index (κ2) is 7.21. The third-order valence-electron chi connectivity index (χ3n) is 3.61. The Kier molecular flexibility index (Phi) is 4.82. The van der Waals surface area contributed by atoms with E-state index in [9.17, 15) is 9.18 Å². The van der Waals surface area contributed by atoms with E-state index in [2.05, 4.69) is 15.0 Å². The molecular weight excluding hydrogens is 353 g/mol. The maximum Gasteiger partial charge on any atom is 0.323 e. The molecule has 0 bridgehead atoms. The minimum absolute atomic E-state index is 0.109. The molecule has 0 aliphatic heterocycles. The molecule has 0 fully saturated rings. The molecule has 6 nitrogen and oxygen atoms in total. The number of hydrogen-bond acceptors (Lipinski definition) is 5. The van der Waals surface area contributed by atoms with Crippen LogP contribution in [0.15, 0.2) is 42.5 Å². The van der Waals surface area contributed by atoms with Crippen molar-refractivity contribution >= 4 is 34.8 Å². The molecule has 0 saturated heterocycles. The number of nitriles is 1. The molecule has 0 radical (unpaired) electrons. The number of nitrogens with two attached hydrogens (primary N) is 1. The largest absolute Gasteiger partial charge is 0.382 e. The summed E-state index contributed by atoms with van der Waals surface area (Å²) in [5, 5.41) is 14.3. The van der Waals surface area contributed by atoms with Gasteiger partial charge in [-0.2, -0.15) is 9.64 Å². The van der Waals surface area contributed by atoms with Gasteiger partial charge in [0.15, 0.2) is 5.82 Å². The number of benzene rings is 2. The summed E-state index contributed by atoms with van der Waals surface area (Å²) >= 11 is 1.14. The third kappa shape index (κ3) is 3.63. The second-order valence-corrected chi connectivity index (χ2v) is 6.30. The summed E-state index contributed by atoms with van der Waals surface area (Å²) in [6, 6.07) is 12.8. The van der Waals surface area contributed by atoms with Crippen molar-refractivity contribution in [2.45, 2.75) is 6.92 Å². The lowest BCUT2D eigenvalue weighted by atomic mass is 10.1. The monoisotopic (exact) mass is 367 g/mol. The minimum Gasteiger partial charge on any atom is -0.382 e. The molecule has 0 spiro atoms. The van der Waals surface area contributed by atoms with Crippen LogP contribution in [0, 0.1) is 24.1 Å². The van der Waals surface area contributed by atoms with Gasteiger partial charge in [-0.1, -0.05) is 18.2 Å². The van der Waals surface area contributed by atoms with Gasteiger partial charge in [0.1, 0.15) is 17.4 Å². The fourth-order valence-corrected chi connectivity index (χ4v) is 3.10. The smallest absolute Gasteiger partial charge is 0.323 e. The minimum atomic E-state index is -0.554. The number of carbonyl (C=O) groups is 1. The first-order valence-electron chi connectivity index (χ1n) is 7.58. The van der Waals surface area contributed by atoms with Crippen molar-refractivity contribution in [1.29, 1.82) is 5.26 Å². The number of aryl methyl sites for hydroxylation is 1. The first-order valence-corrected chi connectivity index (χ1v) is 8.35. The number of urea groups is 1. The van der Waals surface area contributed by atoms with Gasteiger partial charge in [0.05, 0.1) is 10.6 Å². The Labute approximate surface area is 153 Å². The average molecular weight is 367 g/mol. The predicted octanol–water partition coefficient (Wildman–Crippen LogP) is 4.36. The highest BCUT2D eigenvalue weighted by molar-refractivity contribution is 7.10. The number of aromatic nitrogens is 1. The Balaban J connectivity index is 1.72. The molecule has 0 atom stereocenters. The Morgan fingerprint density at radius 3 is 2.65 bits per heavy atom. The van der Waals surface area contributed by atoms with E-state index in [0.717, 1.165) is 22.7 Å². The van der Waals surface area contributed by atoms with Crippen LogP contribution in [0.1, 0.15) is 11.1 Å². The zero-order valence-corrected chi connectivity index (χ0v) is 14.5. The first kappa shape index (κ1) is 17.4. The molecule has 26 heavy (non-hydrogen) atoms. The molecule has 0 aliphatic carbocycles. The maximum atomic E-state index is 13.7. The summed E-state index contributed by atoms with van der Waals surface area (Å²) in [5.41, 5.74) is 8.24. The van der Waals surface area contributed by atoms with Crippen LogP contribution in [-0.4, -0.2) is 10.4 Å². The second-order valence-electron chi connectivity index (χ2n) is 5.52. The maximum absolute atomic E-state index is 13.7. The molecular formula is C18H14FN5OS. The highest BCUT2D eigenvalue weighted by atomic mass is 32.1. The molecule has 3 aromatic rings. The van der Waals surface area contributed by atoms with Crippen molar-refractivity contribution in [1.82, 2.24) is 4.37 Å². The van der Waals surface area contributed by atoms with E-state index in [-0.39, 0.29) is 11.5 Å². The molecule has 2 aromatic carbocycles. The summed E-state index contributed by atoms with van der Waals surface area (Å²) in [6.45, 7) is 1.81. The van der Waals surface area contributed by atoms with E-state index in [1.165, 1.54) is 6.07 Å². The number of nitrogen functional groups attached to an aromatic ring is 1. The van der Waals surface area contributed by atoms with Crippen molar-refractivity contribution in [3.05, 3.63) is 59.4 Å². The lowest BCUT2D eigenvalue weighted by Gasteiger charge is -2.09. The zero-order chi connectivity index (χ0) is 18.7. The normalized spacial score (nSPS) is 10.2. The third-order valence-corrected chi connectivity index (χ3v) is 4.52. The highest BCUT2D eigenvalue weighted by Gasteiger charge is 2.13. The Bertz CT molecular complexity index is 1010. The first-order chi connectivity index (χ1) is 12.5. The molecule has 1 aromatic heterocycles. The zero-order valence-electron chi connectivity index (χ0n) is 13.7. The van der Waals surface area contributed by atoms with Gasteiger partial charge < -0.3 is 16.4 Å². The fraction of sp³-hybridized carbons (Fsp3) is 0.0556.